The lowest BCUT2D eigenvalue weighted by Gasteiger charge is -2.13. The molecule has 29 heavy (non-hydrogen) atoms. The standard InChI is InChI=1S/C21H23BrN4O3/c1-5-7-29-20-18(22)9-15(10-19(20)28-6-2)12-24-26-21-17(11-23)16(13-27-4)8-14(3)25-21/h5,8-10,12H,1,6-7,13H2,2-4H3,(H,25,26)/b24-12-. The smallest absolute Gasteiger partial charge is 0.175 e. The summed E-state index contributed by atoms with van der Waals surface area (Å²) >= 11 is 3.50. The number of anilines is 1. The first-order valence-electron chi connectivity index (χ1n) is 8.92. The van der Waals surface area contributed by atoms with Crippen molar-refractivity contribution in [1.82, 2.24) is 4.98 Å². The van der Waals surface area contributed by atoms with Crippen LogP contribution in [0, 0.1) is 18.3 Å². The molecule has 0 aliphatic rings. The van der Waals surface area contributed by atoms with E-state index in [0.717, 1.165) is 21.3 Å². The zero-order chi connectivity index (χ0) is 21.2. The van der Waals surface area contributed by atoms with Crippen molar-refractivity contribution in [3.8, 4) is 17.6 Å². The number of methoxy groups -OCH3 is 1. The number of aromatic nitrogens is 1. The van der Waals surface area contributed by atoms with Crippen molar-refractivity contribution in [3.05, 3.63) is 57.7 Å². The Kier molecular flexibility index (Phi) is 8.65. The van der Waals surface area contributed by atoms with E-state index in [9.17, 15) is 5.26 Å². The topological polar surface area (TPSA) is 88.8 Å². The van der Waals surface area contributed by atoms with Gasteiger partial charge in [0.1, 0.15) is 18.2 Å². The van der Waals surface area contributed by atoms with Crippen LogP contribution >= 0.6 is 15.9 Å². The monoisotopic (exact) mass is 458 g/mol. The lowest BCUT2D eigenvalue weighted by atomic mass is 10.1. The molecule has 0 fully saturated rings. The minimum absolute atomic E-state index is 0.321. The van der Waals surface area contributed by atoms with E-state index >= 15 is 0 Å². The molecule has 7 nitrogen and oxygen atoms in total. The number of hydrazone groups is 1. The molecule has 0 unspecified atom stereocenters. The van der Waals surface area contributed by atoms with Crippen LogP contribution in [0.2, 0.25) is 0 Å². The molecule has 0 aliphatic heterocycles. The van der Waals surface area contributed by atoms with Crippen molar-refractivity contribution < 1.29 is 14.2 Å². The zero-order valence-electron chi connectivity index (χ0n) is 16.7. The van der Waals surface area contributed by atoms with Gasteiger partial charge in [-0.25, -0.2) is 4.98 Å². The van der Waals surface area contributed by atoms with Crippen LogP contribution in [-0.2, 0) is 11.3 Å². The Labute approximate surface area is 179 Å². The minimum atomic E-state index is 0.321. The van der Waals surface area contributed by atoms with E-state index in [1.807, 2.05) is 32.0 Å². The first-order chi connectivity index (χ1) is 14.0. The molecule has 1 N–H and O–H groups in total. The molecule has 0 spiro atoms. The number of nitriles is 1. The van der Waals surface area contributed by atoms with E-state index in [1.165, 1.54) is 0 Å². The highest BCUT2D eigenvalue weighted by Gasteiger charge is 2.13. The van der Waals surface area contributed by atoms with Gasteiger partial charge in [0.05, 0.1) is 23.9 Å². The second-order valence-electron chi connectivity index (χ2n) is 5.92. The zero-order valence-corrected chi connectivity index (χ0v) is 18.2. The molecule has 152 valence electrons. The molecule has 0 bridgehead atoms. The Morgan fingerprint density at radius 1 is 1.34 bits per heavy atom. The van der Waals surface area contributed by atoms with Gasteiger partial charge in [-0.05, 0) is 53.5 Å². The van der Waals surface area contributed by atoms with E-state index < -0.39 is 0 Å². The summed E-state index contributed by atoms with van der Waals surface area (Å²) in [5, 5.41) is 13.7. The van der Waals surface area contributed by atoms with Gasteiger partial charge in [-0.15, -0.1) is 0 Å². The van der Waals surface area contributed by atoms with Gasteiger partial charge in [-0.1, -0.05) is 12.7 Å². The highest BCUT2D eigenvalue weighted by Crippen LogP contribution is 2.36. The Bertz CT molecular complexity index is 938. The Hall–Kier alpha value is -2.89. The van der Waals surface area contributed by atoms with Gasteiger partial charge in [0.25, 0.3) is 0 Å². The minimum Gasteiger partial charge on any atom is -0.490 e. The van der Waals surface area contributed by atoms with Crippen molar-refractivity contribution >= 4 is 28.0 Å². The summed E-state index contributed by atoms with van der Waals surface area (Å²) in [7, 11) is 1.58. The maximum atomic E-state index is 9.49. The number of pyridine rings is 1. The van der Waals surface area contributed by atoms with Crippen LogP contribution in [0.15, 0.2) is 40.4 Å². The van der Waals surface area contributed by atoms with Crippen LogP contribution in [0.5, 0.6) is 11.5 Å². The van der Waals surface area contributed by atoms with Crippen LogP contribution < -0.4 is 14.9 Å². The highest BCUT2D eigenvalue weighted by molar-refractivity contribution is 9.10. The molecule has 1 heterocycles. The predicted molar refractivity (Wildman–Crippen MR) is 117 cm³/mol. The first-order valence-corrected chi connectivity index (χ1v) is 9.72. The molecule has 0 radical (unpaired) electrons. The summed E-state index contributed by atoms with van der Waals surface area (Å²) in [6.45, 7) is 8.60. The molecular formula is C21H23BrN4O3. The third-order valence-corrected chi connectivity index (χ3v) is 4.29. The molecule has 8 heteroatoms. The van der Waals surface area contributed by atoms with Gasteiger partial charge in [0.2, 0.25) is 0 Å². The summed E-state index contributed by atoms with van der Waals surface area (Å²) < 4.78 is 17.2. The highest BCUT2D eigenvalue weighted by atomic mass is 79.9. The second-order valence-corrected chi connectivity index (χ2v) is 6.78. The second kappa shape index (κ2) is 11.2. The molecule has 0 amide bonds. The van der Waals surface area contributed by atoms with Crippen molar-refractivity contribution in [2.45, 2.75) is 20.5 Å². The van der Waals surface area contributed by atoms with Gasteiger partial charge < -0.3 is 14.2 Å². The largest absolute Gasteiger partial charge is 0.490 e. The number of benzene rings is 1. The fourth-order valence-electron chi connectivity index (χ4n) is 2.59. The fourth-order valence-corrected chi connectivity index (χ4v) is 3.17. The summed E-state index contributed by atoms with van der Waals surface area (Å²) in [5.41, 5.74) is 5.55. The summed E-state index contributed by atoms with van der Waals surface area (Å²) in [6.07, 6.45) is 3.28. The fraction of sp³-hybridized carbons (Fsp3) is 0.286. The Morgan fingerprint density at radius 2 is 2.14 bits per heavy atom. The van der Waals surface area contributed by atoms with Gasteiger partial charge in [-0.3, -0.25) is 5.43 Å². The molecule has 2 rings (SSSR count). The summed E-state index contributed by atoms with van der Waals surface area (Å²) in [6, 6.07) is 7.66. The molecular weight excluding hydrogens is 436 g/mol. The molecule has 0 saturated heterocycles. The number of hydrogen-bond acceptors (Lipinski definition) is 7. The first kappa shape index (κ1) is 22.4. The Balaban J connectivity index is 2.29. The Morgan fingerprint density at radius 3 is 2.79 bits per heavy atom. The van der Waals surface area contributed by atoms with E-state index in [2.05, 4.69) is 44.1 Å². The maximum absolute atomic E-state index is 9.49. The van der Waals surface area contributed by atoms with Crippen LogP contribution in [0.1, 0.15) is 29.3 Å². The van der Waals surface area contributed by atoms with Crippen molar-refractivity contribution in [2.24, 2.45) is 5.10 Å². The number of halogens is 1. The molecule has 0 aliphatic carbocycles. The quantitative estimate of drug-likeness (QED) is 0.318. The van der Waals surface area contributed by atoms with Crippen LogP contribution in [0.25, 0.3) is 0 Å². The van der Waals surface area contributed by atoms with Gasteiger partial charge in [0.15, 0.2) is 17.3 Å². The lowest BCUT2D eigenvalue weighted by molar-refractivity contribution is 0.184. The van der Waals surface area contributed by atoms with Gasteiger partial charge in [0, 0.05) is 18.4 Å². The molecule has 1 aromatic heterocycles. The van der Waals surface area contributed by atoms with E-state index in [-0.39, 0.29) is 0 Å². The van der Waals surface area contributed by atoms with E-state index in [0.29, 0.717) is 42.7 Å². The molecule has 1 aromatic carbocycles. The number of nitrogens with one attached hydrogen (secondary N) is 1. The molecule has 2 aromatic rings. The summed E-state index contributed by atoms with van der Waals surface area (Å²) in [4.78, 5) is 4.36. The molecule has 0 saturated carbocycles. The van der Waals surface area contributed by atoms with E-state index in [1.54, 1.807) is 19.4 Å². The number of ether oxygens (including phenoxy) is 3. The van der Waals surface area contributed by atoms with Crippen LogP contribution in [0.4, 0.5) is 5.82 Å². The number of aryl methyl sites for hydroxylation is 1. The average Bonchev–Trinajstić information content (AvgIpc) is 2.68. The third kappa shape index (κ3) is 6.04. The van der Waals surface area contributed by atoms with E-state index in [4.69, 9.17) is 14.2 Å². The van der Waals surface area contributed by atoms with Crippen LogP contribution in [0.3, 0.4) is 0 Å². The SMILES string of the molecule is C=CCOc1c(Br)cc(/C=N\Nc2nc(C)cc(COC)c2C#N)cc1OCC. The summed E-state index contributed by atoms with van der Waals surface area (Å²) in [5.74, 6) is 1.58. The lowest BCUT2D eigenvalue weighted by Crippen LogP contribution is -2.04. The normalized spacial score (nSPS) is 10.6. The third-order valence-electron chi connectivity index (χ3n) is 3.70. The predicted octanol–water partition coefficient (Wildman–Crippen LogP) is 4.58. The van der Waals surface area contributed by atoms with Gasteiger partial charge in [-0.2, -0.15) is 10.4 Å². The van der Waals surface area contributed by atoms with Crippen LogP contribution in [-0.4, -0.2) is 31.5 Å². The van der Waals surface area contributed by atoms with Crippen molar-refractivity contribution in [2.75, 3.05) is 25.7 Å². The number of rotatable bonds is 10. The number of nitrogens with zero attached hydrogens (tertiary/aromatic N) is 3. The van der Waals surface area contributed by atoms with Crippen molar-refractivity contribution in [3.63, 3.8) is 0 Å². The number of hydrogen-bond donors (Lipinski definition) is 1. The van der Waals surface area contributed by atoms with Gasteiger partial charge >= 0.3 is 0 Å². The maximum Gasteiger partial charge on any atom is 0.175 e. The van der Waals surface area contributed by atoms with Crippen molar-refractivity contribution in [1.29, 1.82) is 5.26 Å². The average molecular weight is 459 g/mol. The molecule has 0 atom stereocenters.